The maximum Gasteiger partial charge on any atom is 0.210 e. The fraction of sp³-hybridized carbons (Fsp3) is 0.400. The molecule has 1 unspecified atom stereocenters. The lowest BCUT2D eigenvalue weighted by Gasteiger charge is -2.17. The molecule has 0 saturated heterocycles. The summed E-state index contributed by atoms with van der Waals surface area (Å²) >= 11 is 11.6. The molecule has 1 N–H and O–H groups in total. The molecule has 0 radical (unpaired) electrons. The monoisotopic (exact) mass is 249 g/mol. The number of likely N-dealkylation sites (N-methyl/N-ethyl adjacent to an activating group) is 1. The second-order valence-corrected chi connectivity index (χ2v) is 4.31. The second kappa shape index (κ2) is 5.56. The fourth-order valence-electron chi connectivity index (χ4n) is 1.10. The van der Waals surface area contributed by atoms with Crippen LogP contribution in [0, 0.1) is 0 Å². The van der Waals surface area contributed by atoms with E-state index < -0.39 is 6.29 Å². The van der Waals surface area contributed by atoms with E-state index >= 15 is 0 Å². The van der Waals surface area contributed by atoms with Gasteiger partial charge in [0.05, 0.1) is 6.54 Å². The Balaban J connectivity index is 2.63. The molecule has 5 heteroatoms. The molecule has 0 aliphatic rings. The molecule has 1 aromatic carbocycles. The number of hydrogen-bond donors (Lipinski definition) is 1. The molecular weight excluding hydrogens is 237 g/mol. The Morgan fingerprint density at radius 3 is 2.27 bits per heavy atom. The Kier molecular flexibility index (Phi) is 4.67. The maximum absolute atomic E-state index is 9.50. The van der Waals surface area contributed by atoms with Crippen LogP contribution in [0.4, 0.5) is 0 Å². The van der Waals surface area contributed by atoms with Gasteiger partial charge in [-0.15, -0.1) is 0 Å². The molecule has 0 bridgehead atoms. The van der Waals surface area contributed by atoms with Crippen LogP contribution in [0.15, 0.2) is 18.2 Å². The highest BCUT2D eigenvalue weighted by molar-refractivity contribution is 6.34. The molecular formula is C10H13Cl2NO2. The van der Waals surface area contributed by atoms with Crippen molar-refractivity contribution < 1.29 is 9.84 Å². The lowest BCUT2D eigenvalue weighted by molar-refractivity contribution is -0.0327. The molecule has 0 fully saturated rings. The van der Waals surface area contributed by atoms with E-state index in [0.29, 0.717) is 22.3 Å². The van der Waals surface area contributed by atoms with E-state index in [-0.39, 0.29) is 0 Å². The topological polar surface area (TPSA) is 32.7 Å². The van der Waals surface area contributed by atoms with Gasteiger partial charge in [0.15, 0.2) is 0 Å². The van der Waals surface area contributed by atoms with Crippen molar-refractivity contribution in [2.75, 3.05) is 20.6 Å². The van der Waals surface area contributed by atoms with E-state index in [1.54, 1.807) is 18.2 Å². The van der Waals surface area contributed by atoms with Gasteiger partial charge >= 0.3 is 0 Å². The van der Waals surface area contributed by atoms with Crippen LogP contribution in [0.25, 0.3) is 0 Å². The minimum Gasteiger partial charge on any atom is -0.464 e. The van der Waals surface area contributed by atoms with Crippen molar-refractivity contribution in [3.8, 4) is 5.75 Å². The van der Waals surface area contributed by atoms with E-state index in [1.165, 1.54) is 0 Å². The number of aliphatic hydroxyl groups excluding tert-OH is 1. The van der Waals surface area contributed by atoms with Gasteiger partial charge in [0.1, 0.15) is 5.75 Å². The highest BCUT2D eigenvalue weighted by Crippen LogP contribution is 2.24. The van der Waals surface area contributed by atoms with Crippen molar-refractivity contribution in [3.05, 3.63) is 28.2 Å². The fourth-order valence-corrected chi connectivity index (χ4v) is 1.61. The summed E-state index contributed by atoms with van der Waals surface area (Å²) in [5.74, 6) is 0.460. The van der Waals surface area contributed by atoms with E-state index in [9.17, 15) is 5.11 Å². The van der Waals surface area contributed by atoms with Crippen LogP contribution in [-0.2, 0) is 0 Å². The zero-order chi connectivity index (χ0) is 11.4. The summed E-state index contributed by atoms with van der Waals surface area (Å²) in [4.78, 5) is 1.82. The van der Waals surface area contributed by atoms with Gasteiger partial charge in [-0.05, 0) is 32.3 Å². The first-order valence-electron chi connectivity index (χ1n) is 4.43. The number of aliphatic hydroxyl groups is 1. The molecule has 1 rings (SSSR count). The summed E-state index contributed by atoms with van der Waals surface area (Å²) in [5, 5.41) is 10.5. The van der Waals surface area contributed by atoms with Gasteiger partial charge in [0, 0.05) is 10.0 Å². The van der Waals surface area contributed by atoms with Crippen LogP contribution < -0.4 is 4.74 Å². The van der Waals surface area contributed by atoms with Gasteiger partial charge < -0.3 is 14.7 Å². The molecule has 0 aliphatic carbocycles. The standard InChI is InChI=1S/C10H13Cl2NO2/c1-13(2)6-10(14)15-9-4-7(11)3-8(12)5-9/h3-5,10,14H,6H2,1-2H3. The number of ether oxygens (including phenoxy) is 1. The average Bonchev–Trinajstić information content (AvgIpc) is 1.98. The molecule has 0 saturated carbocycles. The minimum absolute atomic E-state index is 0.407. The molecule has 1 aromatic rings. The van der Waals surface area contributed by atoms with E-state index in [2.05, 4.69) is 0 Å². The highest BCUT2D eigenvalue weighted by Gasteiger charge is 2.08. The zero-order valence-electron chi connectivity index (χ0n) is 8.58. The normalized spacial score (nSPS) is 12.9. The van der Waals surface area contributed by atoms with Gasteiger partial charge in [0.25, 0.3) is 0 Å². The third-order valence-electron chi connectivity index (χ3n) is 1.63. The highest BCUT2D eigenvalue weighted by atomic mass is 35.5. The van der Waals surface area contributed by atoms with Crippen LogP contribution in [0.5, 0.6) is 5.75 Å². The van der Waals surface area contributed by atoms with Crippen LogP contribution in [0.1, 0.15) is 0 Å². The molecule has 84 valence electrons. The van der Waals surface area contributed by atoms with Gasteiger partial charge in [-0.25, -0.2) is 0 Å². The molecule has 0 aliphatic heterocycles. The molecule has 0 spiro atoms. The van der Waals surface area contributed by atoms with E-state index in [1.807, 2.05) is 19.0 Å². The number of rotatable bonds is 4. The second-order valence-electron chi connectivity index (χ2n) is 3.44. The summed E-state index contributed by atoms with van der Waals surface area (Å²) in [7, 11) is 3.69. The first-order chi connectivity index (χ1) is 6.97. The van der Waals surface area contributed by atoms with Crippen molar-refractivity contribution >= 4 is 23.2 Å². The van der Waals surface area contributed by atoms with Crippen molar-refractivity contribution in [2.24, 2.45) is 0 Å². The minimum atomic E-state index is -0.894. The van der Waals surface area contributed by atoms with Crippen LogP contribution in [-0.4, -0.2) is 36.9 Å². The summed E-state index contributed by atoms with van der Waals surface area (Å²) in [6.45, 7) is 0.407. The SMILES string of the molecule is CN(C)CC(O)Oc1cc(Cl)cc(Cl)c1. The maximum atomic E-state index is 9.50. The molecule has 3 nitrogen and oxygen atoms in total. The Morgan fingerprint density at radius 1 is 1.27 bits per heavy atom. The number of benzene rings is 1. The van der Waals surface area contributed by atoms with Crippen molar-refractivity contribution in [2.45, 2.75) is 6.29 Å². The smallest absolute Gasteiger partial charge is 0.210 e. The molecule has 0 aromatic heterocycles. The number of halogens is 2. The molecule has 1 atom stereocenters. The summed E-state index contributed by atoms with van der Waals surface area (Å²) in [5.41, 5.74) is 0. The van der Waals surface area contributed by atoms with Gasteiger partial charge in [0.2, 0.25) is 6.29 Å². The quantitative estimate of drug-likeness (QED) is 0.832. The first-order valence-corrected chi connectivity index (χ1v) is 5.18. The van der Waals surface area contributed by atoms with Crippen molar-refractivity contribution in [3.63, 3.8) is 0 Å². The molecule has 0 heterocycles. The number of hydrogen-bond acceptors (Lipinski definition) is 3. The third-order valence-corrected chi connectivity index (χ3v) is 2.07. The third kappa shape index (κ3) is 4.71. The van der Waals surface area contributed by atoms with Gasteiger partial charge in [-0.3, -0.25) is 0 Å². The van der Waals surface area contributed by atoms with Gasteiger partial charge in [-0.2, -0.15) is 0 Å². The summed E-state index contributed by atoms with van der Waals surface area (Å²) in [6, 6.07) is 4.81. The predicted molar refractivity (Wildman–Crippen MR) is 61.7 cm³/mol. The lowest BCUT2D eigenvalue weighted by atomic mass is 10.3. The van der Waals surface area contributed by atoms with Crippen molar-refractivity contribution in [1.82, 2.24) is 4.90 Å². The van der Waals surface area contributed by atoms with Crippen LogP contribution >= 0.6 is 23.2 Å². The Morgan fingerprint density at radius 2 is 1.80 bits per heavy atom. The summed E-state index contributed by atoms with van der Waals surface area (Å²) < 4.78 is 5.23. The predicted octanol–water partition coefficient (Wildman–Crippen LogP) is 2.25. The zero-order valence-corrected chi connectivity index (χ0v) is 10.1. The lowest BCUT2D eigenvalue weighted by Crippen LogP contribution is -2.30. The summed E-state index contributed by atoms with van der Waals surface area (Å²) in [6.07, 6.45) is -0.894. The molecule has 0 amide bonds. The van der Waals surface area contributed by atoms with Gasteiger partial charge in [-0.1, -0.05) is 23.2 Å². The Hall–Kier alpha value is -0.480. The first kappa shape index (κ1) is 12.6. The largest absolute Gasteiger partial charge is 0.464 e. The van der Waals surface area contributed by atoms with Crippen molar-refractivity contribution in [1.29, 1.82) is 0 Å². The number of nitrogens with zero attached hydrogens (tertiary/aromatic N) is 1. The van der Waals surface area contributed by atoms with E-state index in [0.717, 1.165) is 0 Å². The molecule has 15 heavy (non-hydrogen) atoms. The Bertz CT molecular complexity index is 311. The van der Waals surface area contributed by atoms with Crippen LogP contribution in [0.3, 0.4) is 0 Å². The average molecular weight is 250 g/mol. The van der Waals surface area contributed by atoms with Crippen LogP contribution in [0.2, 0.25) is 10.0 Å². The van der Waals surface area contributed by atoms with E-state index in [4.69, 9.17) is 27.9 Å². The Labute approximate surface area is 99.2 Å².